The van der Waals surface area contributed by atoms with Crippen LogP contribution in [0.5, 0.6) is 0 Å². The third kappa shape index (κ3) is 3.09. The molecule has 2 N–H and O–H groups in total. The summed E-state index contributed by atoms with van der Waals surface area (Å²) in [6, 6.07) is 8.08. The van der Waals surface area contributed by atoms with Gasteiger partial charge in [-0.25, -0.2) is 4.79 Å². The quantitative estimate of drug-likeness (QED) is 0.843. The van der Waals surface area contributed by atoms with Gasteiger partial charge in [0.05, 0.1) is 5.92 Å². The second-order valence-corrected chi connectivity index (χ2v) is 4.30. The van der Waals surface area contributed by atoms with Crippen molar-refractivity contribution in [3.8, 4) is 0 Å². The first-order valence-corrected chi connectivity index (χ1v) is 5.80. The standard InChI is InChI=1S/C13H13NO5/c15-10-6-9(12(16)17)11(10)14-13(18)19-7-8-4-2-1-3-5-8/h1-5,9,11H,6-7H2,(H,14,18)(H,16,17). The third-order valence-corrected chi connectivity index (χ3v) is 2.97. The van der Waals surface area contributed by atoms with Crippen molar-refractivity contribution in [3.63, 3.8) is 0 Å². The number of carboxylic acid groups (broad SMARTS) is 1. The molecule has 0 aliphatic heterocycles. The summed E-state index contributed by atoms with van der Waals surface area (Å²) in [4.78, 5) is 33.4. The normalized spacial score (nSPS) is 21.4. The Morgan fingerprint density at radius 1 is 1.32 bits per heavy atom. The molecule has 1 aromatic rings. The van der Waals surface area contributed by atoms with Crippen LogP contribution in [-0.4, -0.2) is 29.0 Å². The molecule has 1 aliphatic carbocycles. The molecule has 6 nitrogen and oxygen atoms in total. The number of aliphatic carboxylic acids is 1. The second-order valence-electron chi connectivity index (χ2n) is 4.30. The van der Waals surface area contributed by atoms with E-state index < -0.39 is 24.0 Å². The van der Waals surface area contributed by atoms with E-state index in [1.807, 2.05) is 18.2 Å². The van der Waals surface area contributed by atoms with Gasteiger partial charge in [-0.15, -0.1) is 0 Å². The number of hydrogen-bond donors (Lipinski definition) is 2. The van der Waals surface area contributed by atoms with E-state index in [-0.39, 0.29) is 18.8 Å². The molecule has 0 heterocycles. The first kappa shape index (κ1) is 13.1. The van der Waals surface area contributed by atoms with Gasteiger partial charge in [-0.2, -0.15) is 0 Å². The van der Waals surface area contributed by atoms with Crippen molar-refractivity contribution in [3.05, 3.63) is 35.9 Å². The van der Waals surface area contributed by atoms with Crippen LogP contribution < -0.4 is 5.32 Å². The predicted molar refractivity (Wildman–Crippen MR) is 64.3 cm³/mol. The van der Waals surface area contributed by atoms with Crippen LogP contribution in [0, 0.1) is 5.92 Å². The molecule has 0 aromatic heterocycles. The lowest BCUT2D eigenvalue weighted by Crippen LogP contribution is -2.57. The maximum Gasteiger partial charge on any atom is 0.408 e. The molecule has 100 valence electrons. The molecular weight excluding hydrogens is 250 g/mol. The first-order valence-electron chi connectivity index (χ1n) is 5.80. The number of carbonyl (C=O) groups is 3. The summed E-state index contributed by atoms with van der Waals surface area (Å²) in [5.41, 5.74) is 0.812. The molecule has 2 atom stereocenters. The van der Waals surface area contributed by atoms with Gasteiger partial charge < -0.3 is 15.2 Å². The number of carboxylic acids is 1. The fraction of sp³-hybridized carbons (Fsp3) is 0.308. The van der Waals surface area contributed by atoms with Crippen LogP contribution >= 0.6 is 0 Å². The van der Waals surface area contributed by atoms with Crippen molar-refractivity contribution in [2.45, 2.75) is 19.1 Å². The van der Waals surface area contributed by atoms with Gasteiger partial charge in [0.2, 0.25) is 0 Å². The summed E-state index contributed by atoms with van der Waals surface area (Å²) in [5, 5.41) is 11.1. The largest absolute Gasteiger partial charge is 0.481 e. The molecule has 1 aromatic carbocycles. The molecule has 1 aliphatic rings. The number of carbonyl (C=O) groups excluding carboxylic acids is 2. The number of amides is 1. The summed E-state index contributed by atoms with van der Waals surface area (Å²) in [6.45, 7) is 0.0747. The van der Waals surface area contributed by atoms with Crippen LogP contribution in [-0.2, 0) is 20.9 Å². The fourth-order valence-corrected chi connectivity index (χ4v) is 1.83. The topological polar surface area (TPSA) is 92.7 Å². The molecule has 0 bridgehead atoms. The molecule has 0 radical (unpaired) electrons. The van der Waals surface area contributed by atoms with Crippen molar-refractivity contribution < 1.29 is 24.2 Å². The monoisotopic (exact) mass is 263 g/mol. The molecule has 19 heavy (non-hydrogen) atoms. The van der Waals surface area contributed by atoms with Crippen LogP contribution in [0.4, 0.5) is 4.79 Å². The molecule has 6 heteroatoms. The van der Waals surface area contributed by atoms with Crippen molar-refractivity contribution >= 4 is 17.8 Å². The van der Waals surface area contributed by atoms with Gasteiger partial charge in [-0.1, -0.05) is 30.3 Å². The Balaban J connectivity index is 1.81. The Bertz CT molecular complexity index is 499. The summed E-state index contributed by atoms with van der Waals surface area (Å²) in [5.74, 6) is -2.23. The summed E-state index contributed by atoms with van der Waals surface area (Å²) >= 11 is 0. The maximum atomic E-state index is 11.5. The Morgan fingerprint density at radius 2 is 2.00 bits per heavy atom. The Kier molecular flexibility index (Phi) is 3.79. The Morgan fingerprint density at radius 3 is 2.58 bits per heavy atom. The van der Waals surface area contributed by atoms with Gasteiger partial charge in [-0.05, 0) is 5.56 Å². The van der Waals surface area contributed by atoms with Crippen molar-refractivity contribution in [2.75, 3.05) is 0 Å². The average molecular weight is 263 g/mol. The first-order chi connectivity index (χ1) is 9.08. The van der Waals surface area contributed by atoms with E-state index in [4.69, 9.17) is 9.84 Å². The number of ketones is 1. The number of benzene rings is 1. The number of alkyl carbamates (subject to hydrolysis) is 1. The lowest BCUT2D eigenvalue weighted by Gasteiger charge is -2.31. The number of hydrogen-bond acceptors (Lipinski definition) is 4. The highest BCUT2D eigenvalue weighted by Crippen LogP contribution is 2.24. The SMILES string of the molecule is O=C(NC1C(=O)CC1C(=O)O)OCc1ccccc1. The second kappa shape index (κ2) is 5.51. The number of ether oxygens (including phenoxy) is 1. The highest BCUT2D eigenvalue weighted by Gasteiger charge is 2.45. The van der Waals surface area contributed by atoms with E-state index in [0.717, 1.165) is 5.56 Å². The smallest absolute Gasteiger partial charge is 0.408 e. The van der Waals surface area contributed by atoms with Crippen LogP contribution in [0.25, 0.3) is 0 Å². The minimum atomic E-state index is -1.09. The molecule has 0 spiro atoms. The van der Waals surface area contributed by atoms with Crippen LogP contribution in [0.1, 0.15) is 12.0 Å². The third-order valence-electron chi connectivity index (χ3n) is 2.97. The van der Waals surface area contributed by atoms with Gasteiger partial charge >= 0.3 is 12.1 Å². The number of Topliss-reactive ketones (excluding diaryl/α,β-unsaturated/α-hetero) is 1. The van der Waals surface area contributed by atoms with Crippen LogP contribution in [0.3, 0.4) is 0 Å². The molecular formula is C13H13NO5. The zero-order valence-corrected chi connectivity index (χ0v) is 10.0. The van der Waals surface area contributed by atoms with Gasteiger partial charge in [0.15, 0.2) is 5.78 Å². The fourth-order valence-electron chi connectivity index (χ4n) is 1.83. The van der Waals surface area contributed by atoms with E-state index in [0.29, 0.717) is 0 Å². The zero-order valence-electron chi connectivity index (χ0n) is 10.0. The minimum Gasteiger partial charge on any atom is -0.481 e. The van der Waals surface area contributed by atoms with Gasteiger partial charge in [0.25, 0.3) is 0 Å². The Hall–Kier alpha value is -2.37. The van der Waals surface area contributed by atoms with Gasteiger partial charge in [0, 0.05) is 6.42 Å². The highest BCUT2D eigenvalue weighted by molar-refractivity contribution is 6.00. The van der Waals surface area contributed by atoms with Crippen LogP contribution in [0.2, 0.25) is 0 Å². The predicted octanol–water partition coefficient (Wildman–Crippen LogP) is 0.955. The Labute approximate surface area is 109 Å². The van der Waals surface area contributed by atoms with E-state index in [1.54, 1.807) is 12.1 Å². The van der Waals surface area contributed by atoms with Crippen LogP contribution in [0.15, 0.2) is 30.3 Å². The van der Waals surface area contributed by atoms with Crippen molar-refractivity contribution in [2.24, 2.45) is 5.92 Å². The maximum absolute atomic E-state index is 11.5. The average Bonchev–Trinajstić information content (AvgIpc) is 2.40. The molecule has 2 unspecified atom stereocenters. The van der Waals surface area contributed by atoms with Gasteiger partial charge in [-0.3, -0.25) is 9.59 Å². The lowest BCUT2D eigenvalue weighted by molar-refractivity contribution is -0.152. The summed E-state index contributed by atoms with van der Waals surface area (Å²) < 4.78 is 4.92. The zero-order chi connectivity index (χ0) is 13.8. The summed E-state index contributed by atoms with van der Waals surface area (Å²) in [7, 11) is 0. The minimum absolute atomic E-state index is 0.0427. The van der Waals surface area contributed by atoms with E-state index >= 15 is 0 Å². The van der Waals surface area contributed by atoms with E-state index in [9.17, 15) is 14.4 Å². The molecule has 0 saturated heterocycles. The molecule has 2 rings (SSSR count). The number of nitrogens with one attached hydrogen (secondary N) is 1. The highest BCUT2D eigenvalue weighted by atomic mass is 16.5. The summed E-state index contributed by atoms with van der Waals surface area (Å²) in [6.07, 6.45) is -0.827. The number of rotatable bonds is 4. The molecule has 1 fully saturated rings. The van der Waals surface area contributed by atoms with E-state index in [1.165, 1.54) is 0 Å². The molecule has 1 saturated carbocycles. The van der Waals surface area contributed by atoms with E-state index in [2.05, 4.69) is 5.32 Å². The van der Waals surface area contributed by atoms with Gasteiger partial charge in [0.1, 0.15) is 12.6 Å². The van der Waals surface area contributed by atoms with Crippen molar-refractivity contribution in [1.29, 1.82) is 0 Å². The lowest BCUT2D eigenvalue weighted by atomic mass is 9.78. The molecule has 1 amide bonds. The van der Waals surface area contributed by atoms with Crippen molar-refractivity contribution in [1.82, 2.24) is 5.32 Å².